The van der Waals surface area contributed by atoms with Gasteiger partial charge in [-0.15, -0.1) is 0 Å². The molecule has 4 rings (SSSR count). The Kier molecular flexibility index (Phi) is 3.81. The van der Waals surface area contributed by atoms with Crippen LogP contribution in [0.3, 0.4) is 0 Å². The Labute approximate surface area is 136 Å². The molecule has 1 atom stereocenters. The minimum absolute atomic E-state index is 0.202. The first-order valence-electron chi connectivity index (χ1n) is 8.43. The minimum Gasteiger partial charge on any atom is -0.477 e. The molecule has 0 saturated carbocycles. The Balaban J connectivity index is 1.34. The first-order valence-corrected chi connectivity index (χ1v) is 8.43. The highest BCUT2D eigenvalue weighted by atomic mass is 16.5. The van der Waals surface area contributed by atoms with Crippen LogP contribution in [0.5, 0.6) is 5.88 Å². The van der Waals surface area contributed by atoms with E-state index in [9.17, 15) is 4.79 Å². The summed E-state index contributed by atoms with van der Waals surface area (Å²) in [5.41, 5.74) is 0.781. The van der Waals surface area contributed by atoms with Crippen LogP contribution in [0.4, 0.5) is 0 Å². The number of aromatic nitrogens is 1. The van der Waals surface area contributed by atoms with Gasteiger partial charge >= 0.3 is 0 Å². The molecule has 1 aliphatic carbocycles. The van der Waals surface area contributed by atoms with E-state index in [0.29, 0.717) is 31.5 Å². The summed E-state index contributed by atoms with van der Waals surface area (Å²) < 4.78 is 11.8. The summed E-state index contributed by atoms with van der Waals surface area (Å²) in [5, 5.41) is 0. The van der Waals surface area contributed by atoms with E-state index in [1.54, 1.807) is 6.20 Å². The van der Waals surface area contributed by atoms with E-state index in [1.807, 2.05) is 23.1 Å². The summed E-state index contributed by atoms with van der Waals surface area (Å²) in [6, 6.07) is 5.66. The number of carbonyl (C=O) groups excluding carboxylic acids is 1. The predicted molar refractivity (Wildman–Crippen MR) is 85.0 cm³/mol. The van der Waals surface area contributed by atoms with Crippen molar-refractivity contribution in [2.75, 3.05) is 26.3 Å². The maximum Gasteiger partial charge on any atom is 0.249 e. The highest BCUT2D eigenvalue weighted by molar-refractivity contribution is 5.94. The van der Waals surface area contributed by atoms with Gasteiger partial charge in [-0.05, 0) is 31.7 Å². The molecule has 1 amide bonds. The molecule has 0 aromatic carbocycles. The Morgan fingerprint density at radius 2 is 2.35 bits per heavy atom. The van der Waals surface area contributed by atoms with Gasteiger partial charge in [0.25, 0.3) is 0 Å². The molecule has 5 heteroatoms. The summed E-state index contributed by atoms with van der Waals surface area (Å²) in [6.07, 6.45) is 7.88. The van der Waals surface area contributed by atoms with Gasteiger partial charge in [0.05, 0.1) is 19.7 Å². The van der Waals surface area contributed by atoms with Gasteiger partial charge in [0.15, 0.2) is 0 Å². The largest absolute Gasteiger partial charge is 0.477 e. The molecule has 122 valence electrons. The number of ether oxygens (including phenoxy) is 2. The summed E-state index contributed by atoms with van der Waals surface area (Å²) in [4.78, 5) is 18.5. The van der Waals surface area contributed by atoms with Crippen molar-refractivity contribution >= 4 is 5.91 Å². The van der Waals surface area contributed by atoms with Crippen molar-refractivity contribution < 1.29 is 14.3 Å². The molecule has 1 aromatic rings. The molecular formula is C18H22N2O3. The molecule has 2 aliphatic heterocycles. The Bertz CT molecular complexity index is 608. The van der Waals surface area contributed by atoms with Gasteiger partial charge in [0, 0.05) is 30.4 Å². The van der Waals surface area contributed by atoms with Crippen molar-refractivity contribution in [3.63, 3.8) is 0 Å². The van der Waals surface area contributed by atoms with Crippen LogP contribution in [0.15, 0.2) is 36.0 Å². The fourth-order valence-electron chi connectivity index (χ4n) is 3.80. The van der Waals surface area contributed by atoms with Gasteiger partial charge in [-0.2, -0.15) is 0 Å². The molecule has 0 bridgehead atoms. The van der Waals surface area contributed by atoms with Crippen molar-refractivity contribution in [2.24, 2.45) is 5.92 Å². The molecule has 3 heterocycles. The zero-order chi connectivity index (χ0) is 15.7. The smallest absolute Gasteiger partial charge is 0.249 e. The number of allylic oxidation sites excluding steroid dienone is 1. The van der Waals surface area contributed by atoms with E-state index < -0.39 is 0 Å². The summed E-state index contributed by atoms with van der Waals surface area (Å²) in [6.45, 7) is 2.74. The van der Waals surface area contributed by atoms with Crippen molar-refractivity contribution in [2.45, 2.75) is 31.3 Å². The highest BCUT2D eigenvalue weighted by Crippen LogP contribution is 2.41. The number of hydrogen-bond acceptors (Lipinski definition) is 4. The summed E-state index contributed by atoms with van der Waals surface area (Å²) >= 11 is 0. The van der Waals surface area contributed by atoms with Gasteiger partial charge in [-0.3, -0.25) is 4.79 Å². The molecule has 5 nitrogen and oxygen atoms in total. The lowest BCUT2D eigenvalue weighted by molar-refractivity contribution is -0.163. The highest BCUT2D eigenvalue weighted by Gasteiger charge is 2.55. The van der Waals surface area contributed by atoms with Crippen LogP contribution < -0.4 is 4.74 Å². The molecule has 23 heavy (non-hydrogen) atoms. The van der Waals surface area contributed by atoms with E-state index in [0.717, 1.165) is 37.9 Å². The third-order valence-corrected chi connectivity index (χ3v) is 5.19. The normalized spacial score (nSPS) is 25.3. The van der Waals surface area contributed by atoms with Crippen molar-refractivity contribution in [3.8, 4) is 5.88 Å². The Hall–Kier alpha value is -1.88. The van der Waals surface area contributed by atoms with Gasteiger partial charge in [-0.25, -0.2) is 4.98 Å². The molecule has 1 unspecified atom stereocenters. The molecule has 0 radical (unpaired) electrons. The fourth-order valence-corrected chi connectivity index (χ4v) is 3.80. The van der Waals surface area contributed by atoms with Gasteiger partial charge in [0.2, 0.25) is 11.8 Å². The van der Waals surface area contributed by atoms with E-state index in [2.05, 4.69) is 11.1 Å². The Morgan fingerprint density at radius 3 is 3.09 bits per heavy atom. The third kappa shape index (κ3) is 2.74. The number of hydrogen-bond donors (Lipinski definition) is 0. The van der Waals surface area contributed by atoms with Gasteiger partial charge in [0.1, 0.15) is 5.60 Å². The molecular weight excluding hydrogens is 292 g/mol. The summed E-state index contributed by atoms with van der Waals surface area (Å²) in [7, 11) is 0. The lowest BCUT2D eigenvalue weighted by Gasteiger charge is -2.50. The minimum atomic E-state index is -0.205. The Morgan fingerprint density at radius 1 is 1.43 bits per heavy atom. The van der Waals surface area contributed by atoms with Crippen molar-refractivity contribution in [1.82, 2.24) is 9.88 Å². The third-order valence-electron chi connectivity index (χ3n) is 5.19. The number of likely N-dealkylation sites (tertiary alicyclic amines) is 1. The van der Waals surface area contributed by atoms with Crippen molar-refractivity contribution in [1.29, 1.82) is 0 Å². The second-order valence-corrected chi connectivity index (χ2v) is 6.66. The lowest BCUT2D eigenvalue weighted by Crippen LogP contribution is -2.67. The molecule has 0 N–H and O–H groups in total. The maximum atomic E-state index is 12.4. The quantitative estimate of drug-likeness (QED) is 0.855. The monoisotopic (exact) mass is 314 g/mol. The second kappa shape index (κ2) is 5.96. The lowest BCUT2D eigenvalue weighted by atomic mass is 9.81. The average Bonchev–Trinajstić information content (AvgIpc) is 3.21. The second-order valence-electron chi connectivity index (χ2n) is 6.66. The molecule has 2 saturated heterocycles. The maximum absolute atomic E-state index is 12.4. The first-order chi connectivity index (χ1) is 11.3. The number of amides is 1. The number of pyridine rings is 1. The van der Waals surface area contributed by atoms with E-state index in [4.69, 9.17) is 9.47 Å². The van der Waals surface area contributed by atoms with E-state index in [-0.39, 0.29) is 11.5 Å². The number of carbonyl (C=O) groups is 1. The van der Waals surface area contributed by atoms with Crippen LogP contribution in [0.1, 0.15) is 25.7 Å². The van der Waals surface area contributed by atoms with Crippen LogP contribution in [0.2, 0.25) is 0 Å². The summed E-state index contributed by atoms with van der Waals surface area (Å²) in [5.74, 6) is 1.18. The van der Waals surface area contributed by atoms with Crippen LogP contribution in [-0.2, 0) is 9.53 Å². The molecule has 1 aromatic heterocycles. The topological polar surface area (TPSA) is 51.7 Å². The van der Waals surface area contributed by atoms with Crippen LogP contribution >= 0.6 is 0 Å². The predicted octanol–water partition coefficient (Wildman–Crippen LogP) is 2.19. The molecule has 2 fully saturated rings. The van der Waals surface area contributed by atoms with Gasteiger partial charge < -0.3 is 14.4 Å². The fraction of sp³-hybridized carbons (Fsp3) is 0.556. The number of nitrogens with zero attached hydrogens (tertiary/aromatic N) is 2. The zero-order valence-electron chi connectivity index (χ0n) is 13.2. The van der Waals surface area contributed by atoms with Crippen LogP contribution in [0.25, 0.3) is 0 Å². The van der Waals surface area contributed by atoms with Crippen LogP contribution in [0, 0.1) is 5.92 Å². The first kappa shape index (κ1) is 14.7. The van der Waals surface area contributed by atoms with Crippen LogP contribution in [-0.4, -0.2) is 47.7 Å². The van der Waals surface area contributed by atoms with E-state index >= 15 is 0 Å². The molecule has 3 aliphatic rings. The molecule has 1 spiro atoms. The average molecular weight is 314 g/mol. The van der Waals surface area contributed by atoms with Gasteiger partial charge in [-0.1, -0.05) is 12.1 Å². The van der Waals surface area contributed by atoms with E-state index in [1.165, 1.54) is 0 Å². The standard InChI is InChI=1S/C18H22N2O3/c21-17(14-5-1-2-6-14)20-12-18(13-20)15(8-10-23-18)11-22-16-7-3-4-9-19-16/h3-5,7,9,15H,1-2,6,8,10-13H2. The SMILES string of the molecule is O=C(C1=CCCC1)N1CC2(C1)OCCC2COc1ccccn1. The van der Waals surface area contributed by atoms with Crippen molar-refractivity contribution in [3.05, 3.63) is 36.0 Å². The zero-order valence-corrected chi connectivity index (χ0v) is 13.2. The number of rotatable bonds is 4.